The third kappa shape index (κ3) is 4.16. The number of likely N-dealkylation sites (N-methyl/N-ethyl adjacent to an activating group) is 1. The summed E-state index contributed by atoms with van der Waals surface area (Å²) in [5, 5.41) is 10.8. The number of carbonyl (C=O) groups excluding carboxylic acids is 2. The minimum Gasteiger partial charge on any atom is -0.449 e. The summed E-state index contributed by atoms with van der Waals surface area (Å²) in [7, 11) is 3.10. The van der Waals surface area contributed by atoms with Crippen molar-refractivity contribution in [2.24, 2.45) is 0 Å². The Bertz CT molecular complexity index is 830. The molecule has 0 radical (unpaired) electrons. The number of esters is 1. The molecular weight excluding hydrogens is 352 g/mol. The zero-order chi connectivity index (χ0) is 18.7. The van der Waals surface area contributed by atoms with Gasteiger partial charge in [0.25, 0.3) is 11.6 Å². The number of amides is 1. The Hall–Kier alpha value is -2.87. The van der Waals surface area contributed by atoms with Gasteiger partial charge in [0.05, 0.1) is 9.95 Å². The highest BCUT2D eigenvalue weighted by atomic mass is 35.5. The van der Waals surface area contributed by atoms with Gasteiger partial charge in [-0.3, -0.25) is 14.9 Å². The summed E-state index contributed by atoms with van der Waals surface area (Å²) in [6.45, 7) is 1.46. The van der Waals surface area contributed by atoms with Crippen molar-refractivity contribution in [3.8, 4) is 11.3 Å². The van der Waals surface area contributed by atoms with Crippen LogP contribution < -0.4 is 0 Å². The van der Waals surface area contributed by atoms with E-state index in [1.165, 1.54) is 42.2 Å². The van der Waals surface area contributed by atoms with Crippen molar-refractivity contribution in [3.63, 3.8) is 0 Å². The molecule has 0 fully saturated rings. The lowest BCUT2D eigenvalue weighted by atomic mass is 10.1. The van der Waals surface area contributed by atoms with E-state index in [0.717, 1.165) is 0 Å². The average Bonchev–Trinajstić information content (AvgIpc) is 3.03. The predicted molar refractivity (Wildman–Crippen MR) is 89.4 cm³/mol. The molecule has 0 aliphatic carbocycles. The highest BCUT2D eigenvalue weighted by Crippen LogP contribution is 2.32. The number of furan rings is 1. The number of nitro groups is 1. The van der Waals surface area contributed by atoms with Crippen molar-refractivity contribution in [2.45, 2.75) is 13.0 Å². The van der Waals surface area contributed by atoms with Crippen molar-refractivity contribution >= 4 is 29.2 Å². The maximum atomic E-state index is 12.0. The number of carbonyl (C=O) groups is 2. The molecule has 8 nitrogen and oxygen atoms in total. The van der Waals surface area contributed by atoms with E-state index in [4.69, 9.17) is 20.8 Å². The quantitative estimate of drug-likeness (QED) is 0.457. The zero-order valence-electron chi connectivity index (χ0n) is 13.7. The Morgan fingerprint density at radius 3 is 2.52 bits per heavy atom. The molecule has 25 heavy (non-hydrogen) atoms. The van der Waals surface area contributed by atoms with Gasteiger partial charge in [0.2, 0.25) is 5.76 Å². The van der Waals surface area contributed by atoms with Crippen molar-refractivity contribution in [3.05, 3.63) is 51.2 Å². The van der Waals surface area contributed by atoms with Gasteiger partial charge in [-0.1, -0.05) is 11.6 Å². The van der Waals surface area contributed by atoms with E-state index >= 15 is 0 Å². The monoisotopic (exact) mass is 366 g/mol. The normalized spacial score (nSPS) is 11.7. The lowest BCUT2D eigenvalue weighted by Gasteiger charge is -2.16. The molecule has 1 aromatic heterocycles. The van der Waals surface area contributed by atoms with Gasteiger partial charge < -0.3 is 14.1 Å². The van der Waals surface area contributed by atoms with Gasteiger partial charge in [0.1, 0.15) is 5.76 Å². The Balaban J connectivity index is 2.18. The van der Waals surface area contributed by atoms with Crippen LogP contribution >= 0.6 is 11.6 Å². The molecular formula is C16H15ClN2O6. The van der Waals surface area contributed by atoms with Gasteiger partial charge in [0, 0.05) is 31.8 Å². The van der Waals surface area contributed by atoms with Gasteiger partial charge in [-0.15, -0.1) is 0 Å². The number of hydrogen-bond donors (Lipinski definition) is 0. The summed E-state index contributed by atoms with van der Waals surface area (Å²) in [5.74, 6) is -1.02. The Labute approximate surface area is 148 Å². The van der Waals surface area contributed by atoms with Crippen LogP contribution in [0.4, 0.5) is 5.69 Å². The summed E-state index contributed by atoms with van der Waals surface area (Å²) in [4.78, 5) is 35.2. The first-order valence-corrected chi connectivity index (χ1v) is 7.54. The number of nitro benzene ring substituents is 1. The minimum atomic E-state index is -0.959. The topological polar surface area (TPSA) is 103 Å². The van der Waals surface area contributed by atoms with Crippen LogP contribution in [-0.4, -0.2) is 41.9 Å². The molecule has 0 bridgehead atoms. The number of rotatable bonds is 5. The maximum absolute atomic E-state index is 12.0. The molecule has 0 saturated carbocycles. The van der Waals surface area contributed by atoms with Crippen LogP contribution in [0.3, 0.4) is 0 Å². The Morgan fingerprint density at radius 2 is 1.96 bits per heavy atom. The van der Waals surface area contributed by atoms with E-state index in [0.29, 0.717) is 5.56 Å². The smallest absolute Gasteiger partial charge is 0.375 e. The first-order chi connectivity index (χ1) is 11.7. The molecule has 2 aromatic rings. The summed E-state index contributed by atoms with van der Waals surface area (Å²) >= 11 is 6.03. The van der Waals surface area contributed by atoms with Gasteiger partial charge in [-0.05, 0) is 25.1 Å². The lowest BCUT2D eigenvalue weighted by Crippen LogP contribution is -2.34. The maximum Gasteiger partial charge on any atom is 0.375 e. The van der Waals surface area contributed by atoms with Crippen molar-refractivity contribution in [1.29, 1.82) is 0 Å². The minimum absolute atomic E-state index is 0.108. The second-order valence-corrected chi connectivity index (χ2v) is 5.77. The van der Waals surface area contributed by atoms with E-state index in [9.17, 15) is 19.7 Å². The zero-order valence-corrected chi connectivity index (χ0v) is 14.4. The van der Waals surface area contributed by atoms with Crippen LogP contribution in [-0.2, 0) is 9.53 Å². The van der Waals surface area contributed by atoms with Gasteiger partial charge >= 0.3 is 5.97 Å². The molecule has 0 unspecified atom stereocenters. The summed E-state index contributed by atoms with van der Waals surface area (Å²) in [6.07, 6.45) is -0.959. The highest BCUT2D eigenvalue weighted by molar-refractivity contribution is 6.33. The standard InChI is InChI=1S/C16H15ClN2O6/c1-9(15(20)18(2)3)24-16(21)14-7-6-13(25-14)11-5-4-10(19(22)23)8-12(11)17/h4-9H,1-3H3/t9-/m0/s1. The predicted octanol–water partition coefficient (Wildman–Crippen LogP) is 3.14. The Kier molecular flexibility index (Phi) is 5.43. The molecule has 1 atom stereocenters. The summed E-state index contributed by atoms with van der Waals surface area (Å²) in [6, 6.07) is 6.76. The number of non-ortho nitro benzene ring substituents is 1. The summed E-state index contributed by atoms with van der Waals surface area (Å²) < 4.78 is 10.4. The van der Waals surface area contributed by atoms with Gasteiger partial charge in [-0.2, -0.15) is 0 Å². The van der Waals surface area contributed by atoms with E-state index in [1.807, 2.05) is 0 Å². The molecule has 2 rings (SSSR count). The number of ether oxygens (including phenoxy) is 1. The third-order valence-corrected chi connectivity index (χ3v) is 3.62. The fourth-order valence-corrected chi connectivity index (χ4v) is 2.31. The van der Waals surface area contributed by atoms with Crippen LogP contribution in [0.2, 0.25) is 5.02 Å². The van der Waals surface area contributed by atoms with Gasteiger partial charge in [0.15, 0.2) is 6.10 Å². The van der Waals surface area contributed by atoms with Gasteiger partial charge in [-0.25, -0.2) is 4.79 Å². The first kappa shape index (κ1) is 18.5. The molecule has 0 spiro atoms. The molecule has 9 heteroatoms. The molecule has 132 valence electrons. The van der Waals surface area contributed by atoms with Crippen LogP contribution in [0.5, 0.6) is 0 Å². The molecule has 0 aliphatic heterocycles. The third-order valence-electron chi connectivity index (χ3n) is 3.31. The number of benzene rings is 1. The van der Waals surface area contributed by atoms with Crippen LogP contribution in [0.25, 0.3) is 11.3 Å². The van der Waals surface area contributed by atoms with Crippen LogP contribution in [0.15, 0.2) is 34.7 Å². The Morgan fingerprint density at radius 1 is 1.28 bits per heavy atom. The second-order valence-electron chi connectivity index (χ2n) is 5.37. The second kappa shape index (κ2) is 7.35. The first-order valence-electron chi connectivity index (χ1n) is 7.17. The van der Waals surface area contributed by atoms with E-state index < -0.39 is 17.0 Å². The SMILES string of the molecule is C[C@H](OC(=O)c1ccc(-c2ccc([N+](=O)[O-])cc2Cl)o1)C(=O)N(C)C. The number of hydrogen-bond acceptors (Lipinski definition) is 6. The van der Waals surface area contributed by atoms with E-state index in [1.54, 1.807) is 14.1 Å². The molecule has 1 heterocycles. The highest BCUT2D eigenvalue weighted by Gasteiger charge is 2.23. The van der Waals surface area contributed by atoms with Crippen molar-refractivity contribution < 1.29 is 23.7 Å². The fourth-order valence-electron chi connectivity index (χ4n) is 2.04. The number of halogens is 1. The van der Waals surface area contributed by atoms with E-state index in [2.05, 4.69) is 0 Å². The number of nitrogens with zero attached hydrogens (tertiary/aromatic N) is 2. The molecule has 0 aliphatic rings. The summed E-state index contributed by atoms with van der Waals surface area (Å²) in [5.41, 5.74) is 0.236. The van der Waals surface area contributed by atoms with Crippen LogP contribution in [0.1, 0.15) is 17.5 Å². The van der Waals surface area contributed by atoms with E-state index in [-0.39, 0.29) is 28.1 Å². The molecule has 0 N–H and O–H groups in total. The molecule has 1 amide bonds. The fraction of sp³-hybridized carbons (Fsp3) is 0.250. The molecule has 1 aromatic carbocycles. The largest absolute Gasteiger partial charge is 0.449 e. The van der Waals surface area contributed by atoms with Crippen LogP contribution in [0, 0.1) is 10.1 Å². The van der Waals surface area contributed by atoms with Crippen molar-refractivity contribution in [1.82, 2.24) is 4.90 Å². The average molecular weight is 367 g/mol. The van der Waals surface area contributed by atoms with Crippen molar-refractivity contribution in [2.75, 3.05) is 14.1 Å². The lowest BCUT2D eigenvalue weighted by molar-refractivity contribution is -0.384. The molecule has 0 saturated heterocycles.